The molecule has 1 fully saturated rings. The van der Waals surface area contributed by atoms with Gasteiger partial charge in [0.2, 0.25) is 5.91 Å². The van der Waals surface area contributed by atoms with Crippen LogP contribution in [-0.4, -0.2) is 38.1 Å². The Morgan fingerprint density at radius 1 is 1.35 bits per heavy atom. The Balaban J connectivity index is 2.07. The van der Waals surface area contributed by atoms with E-state index in [1.54, 1.807) is 24.3 Å². The van der Waals surface area contributed by atoms with Crippen molar-refractivity contribution in [3.8, 4) is 0 Å². The lowest BCUT2D eigenvalue weighted by Crippen LogP contribution is -2.30. The molecule has 0 radical (unpaired) electrons. The van der Waals surface area contributed by atoms with Gasteiger partial charge in [-0.2, -0.15) is 0 Å². The molecule has 1 aromatic rings. The van der Waals surface area contributed by atoms with Gasteiger partial charge in [-0.25, -0.2) is 0 Å². The molecule has 0 spiro atoms. The van der Waals surface area contributed by atoms with Gasteiger partial charge in [-0.15, -0.1) is 0 Å². The summed E-state index contributed by atoms with van der Waals surface area (Å²) in [7, 11) is 0. The second-order valence-electron chi connectivity index (χ2n) is 4.64. The third-order valence-electron chi connectivity index (χ3n) is 3.16. The Labute approximate surface area is 117 Å². The standard InChI is InChI=1S/C14H19N3O3/c15-6-7-16-14(19)11-3-1-2-4-12(11)17-13(18)10-5-8-20-9-10/h1-4,10H,5-9,15H2,(H,16,19)(H,17,18). The van der Waals surface area contributed by atoms with E-state index in [1.807, 2.05) is 0 Å². The first-order valence-corrected chi connectivity index (χ1v) is 6.68. The average molecular weight is 277 g/mol. The van der Waals surface area contributed by atoms with E-state index in [-0.39, 0.29) is 17.7 Å². The molecule has 1 atom stereocenters. The Hall–Kier alpha value is -1.92. The minimum atomic E-state index is -0.242. The molecule has 1 heterocycles. The number of hydrogen-bond acceptors (Lipinski definition) is 4. The molecule has 2 rings (SSSR count). The molecule has 4 N–H and O–H groups in total. The fourth-order valence-corrected chi connectivity index (χ4v) is 2.05. The number of anilines is 1. The second kappa shape index (κ2) is 7.02. The smallest absolute Gasteiger partial charge is 0.253 e. The van der Waals surface area contributed by atoms with Crippen molar-refractivity contribution in [1.82, 2.24) is 5.32 Å². The number of para-hydroxylation sites is 1. The van der Waals surface area contributed by atoms with E-state index in [0.717, 1.165) is 0 Å². The van der Waals surface area contributed by atoms with E-state index in [0.29, 0.717) is 44.0 Å². The Morgan fingerprint density at radius 3 is 2.85 bits per heavy atom. The fourth-order valence-electron chi connectivity index (χ4n) is 2.05. The largest absolute Gasteiger partial charge is 0.381 e. The number of nitrogens with one attached hydrogen (secondary N) is 2. The number of benzene rings is 1. The minimum Gasteiger partial charge on any atom is -0.381 e. The van der Waals surface area contributed by atoms with E-state index in [4.69, 9.17) is 10.5 Å². The van der Waals surface area contributed by atoms with Crippen LogP contribution in [0, 0.1) is 5.92 Å². The van der Waals surface area contributed by atoms with Gasteiger partial charge in [0.05, 0.1) is 23.8 Å². The van der Waals surface area contributed by atoms with Crippen LogP contribution in [0.4, 0.5) is 5.69 Å². The topological polar surface area (TPSA) is 93.5 Å². The van der Waals surface area contributed by atoms with Crippen LogP contribution in [0.3, 0.4) is 0 Å². The normalized spacial score (nSPS) is 17.8. The number of nitrogens with two attached hydrogens (primary N) is 1. The predicted molar refractivity (Wildman–Crippen MR) is 75.4 cm³/mol. The quantitative estimate of drug-likeness (QED) is 0.724. The highest BCUT2D eigenvalue weighted by atomic mass is 16.5. The zero-order valence-corrected chi connectivity index (χ0v) is 11.2. The Bertz CT molecular complexity index is 484. The molecule has 2 amide bonds. The SMILES string of the molecule is NCCNC(=O)c1ccccc1NC(=O)C1CCOC1. The molecule has 1 aliphatic heterocycles. The van der Waals surface area contributed by atoms with E-state index >= 15 is 0 Å². The summed E-state index contributed by atoms with van der Waals surface area (Å²) in [6, 6.07) is 6.92. The number of hydrogen-bond donors (Lipinski definition) is 3. The summed E-state index contributed by atoms with van der Waals surface area (Å²) in [5.41, 5.74) is 6.31. The zero-order chi connectivity index (χ0) is 14.4. The monoisotopic (exact) mass is 277 g/mol. The van der Waals surface area contributed by atoms with Crippen LogP contribution < -0.4 is 16.4 Å². The number of amides is 2. The summed E-state index contributed by atoms with van der Waals surface area (Å²) >= 11 is 0. The molecule has 1 aliphatic rings. The molecule has 1 saturated heterocycles. The van der Waals surface area contributed by atoms with Gasteiger partial charge >= 0.3 is 0 Å². The highest BCUT2D eigenvalue weighted by molar-refractivity contribution is 6.04. The van der Waals surface area contributed by atoms with Crippen LogP contribution in [0.15, 0.2) is 24.3 Å². The van der Waals surface area contributed by atoms with E-state index in [1.165, 1.54) is 0 Å². The van der Waals surface area contributed by atoms with Gasteiger partial charge in [0.1, 0.15) is 0 Å². The third-order valence-corrected chi connectivity index (χ3v) is 3.16. The fraction of sp³-hybridized carbons (Fsp3) is 0.429. The molecule has 6 heteroatoms. The van der Waals surface area contributed by atoms with E-state index < -0.39 is 0 Å². The predicted octanol–water partition coefficient (Wildman–Crippen LogP) is 0.350. The van der Waals surface area contributed by atoms with Gasteiger partial charge in [0, 0.05) is 19.7 Å². The van der Waals surface area contributed by atoms with Gasteiger partial charge < -0.3 is 21.1 Å². The summed E-state index contributed by atoms with van der Waals surface area (Å²) in [6.45, 7) is 1.82. The molecule has 1 unspecified atom stereocenters. The van der Waals surface area contributed by atoms with E-state index in [9.17, 15) is 9.59 Å². The highest BCUT2D eigenvalue weighted by Gasteiger charge is 2.24. The molecule has 6 nitrogen and oxygen atoms in total. The summed E-state index contributed by atoms with van der Waals surface area (Å²) in [5, 5.41) is 5.49. The van der Waals surface area contributed by atoms with Gasteiger partial charge in [-0.05, 0) is 18.6 Å². The first kappa shape index (κ1) is 14.5. The maximum absolute atomic E-state index is 12.1. The van der Waals surface area contributed by atoms with Crippen LogP contribution in [0.5, 0.6) is 0 Å². The Kier molecular flexibility index (Phi) is 5.09. The molecular weight excluding hydrogens is 258 g/mol. The molecule has 0 bridgehead atoms. The van der Waals surface area contributed by atoms with Crippen molar-refractivity contribution < 1.29 is 14.3 Å². The van der Waals surface area contributed by atoms with Crippen LogP contribution >= 0.6 is 0 Å². The lowest BCUT2D eigenvalue weighted by molar-refractivity contribution is -0.119. The van der Waals surface area contributed by atoms with Crippen molar-refractivity contribution in [3.05, 3.63) is 29.8 Å². The van der Waals surface area contributed by atoms with Crippen molar-refractivity contribution in [2.75, 3.05) is 31.6 Å². The molecule has 0 aromatic heterocycles. The van der Waals surface area contributed by atoms with Gasteiger partial charge in [-0.3, -0.25) is 9.59 Å². The van der Waals surface area contributed by atoms with E-state index in [2.05, 4.69) is 10.6 Å². The van der Waals surface area contributed by atoms with Crippen LogP contribution in [-0.2, 0) is 9.53 Å². The number of rotatable bonds is 5. The molecule has 0 aliphatic carbocycles. The van der Waals surface area contributed by atoms with Crippen molar-refractivity contribution in [2.45, 2.75) is 6.42 Å². The lowest BCUT2D eigenvalue weighted by Gasteiger charge is -2.13. The number of ether oxygens (including phenoxy) is 1. The summed E-state index contributed by atoms with van der Waals surface area (Å²) < 4.78 is 5.19. The van der Waals surface area contributed by atoms with Crippen LogP contribution in [0.25, 0.3) is 0 Å². The summed E-state index contributed by atoms with van der Waals surface area (Å²) in [4.78, 5) is 24.0. The molecule has 0 saturated carbocycles. The lowest BCUT2D eigenvalue weighted by atomic mass is 10.1. The first-order valence-electron chi connectivity index (χ1n) is 6.68. The molecular formula is C14H19N3O3. The van der Waals surface area contributed by atoms with Crippen LogP contribution in [0.1, 0.15) is 16.8 Å². The highest BCUT2D eigenvalue weighted by Crippen LogP contribution is 2.19. The molecule has 1 aromatic carbocycles. The second-order valence-corrected chi connectivity index (χ2v) is 4.64. The van der Waals surface area contributed by atoms with Crippen molar-refractivity contribution >= 4 is 17.5 Å². The van der Waals surface area contributed by atoms with Gasteiger partial charge in [0.15, 0.2) is 0 Å². The van der Waals surface area contributed by atoms with Crippen molar-refractivity contribution in [3.63, 3.8) is 0 Å². The third kappa shape index (κ3) is 3.55. The summed E-state index contributed by atoms with van der Waals surface area (Å²) in [6.07, 6.45) is 0.716. The Morgan fingerprint density at radius 2 is 2.15 bits per heavy atom. The molecule has 20 heavy (non-hydrogen) atoms. The summed E-state index contributed by atoms with van der Waals surface area (Å²) in [5.74, 6) is -0.495. The van der Waals surface area contributed by atoms with Gasteiger partial charge in [-0.1, -0.05) is 12.1 Å². The molecule has 108 valence electrons. The van der Waals surface area contributed by atoms with Crippen LogP contribution in [0.2, 0.25) is 0 Å². The maximum atomic E-state index is 12.1. The first-order chi connectivity index (χ1) is 9.72. The zero-order valence-electron chi connectivity index (χ0n) is 11.2. The number of carbonyl (C=O) groups excluding carboxylic acids is 2. The maximum Gasteiger partial charge on any atom is 0.253 e. The average Bonchev–Trinajstić information content (AvgIpc) is 2.99. The van der Waals surface area contributed by atoms with Crippen molar-refractivity contribution in [2.24, 2.45) is 11.7 Å². The van der Waals surface area contributed by atoms with Crippen molar-refractivity contribution in [1.29, 1.82) is 0 Å². The van der Waals surface area contributed by atoms with Gasteiger partial charge in [0.25, 0.3) is 5.91 Å². The minimum absolute atomic E-state index is 0.110. The number of carbonyl (C=O) groups is 2.